The highest BCUT2D eigenvalue weighted by Crippen LogP contribution is 2.31. The van der Waals surface area contributed by atoms with Crippen molar-refractivity contribution in [1.82, 2.24) is 0 Å². The molecule has 0 unspecified atom stereocenters. The van der Waals surface area contributed by atoms with Crippen molar-refractivity contribution >= 4 is 20.8 Å². The van der Waals surface area contributed by atoms with Crippen molar-refractivity contribution in [3.8, 4) is 0 Å². The highest BCUT2D eigenvalue weighted by atomic mass is 32.2. The van der Waals surface area contributed by atoms with Gasteiger partial charge in [-0.3, -0.25) is 4.79 Å². The largest absolute Gasteiger partial charge is 0.463 e. The Kier molecular flexibility index (Phi) is 3.95. The van der Waals surface area contributed by atoms with Crippen LogP contribution in [-0.4, -0.2) is 8.42 Å². The van der Waals surface area contributed by atoms with Gasteiger partial charge < -0.3 is 4.42 Å². The van der Waals surface area contributed by atoms with Crippen LogP contribution in [0.5, 0.6) is 0 Å². The molecule has 0 bridgehead atoms. The number of sulfone groups is 1. The number of hydrogen-bond donors (Lipinski definition) is 0. The van der Waals surface area contributed by atoms with Crippen LogP contribution in [0.2, 0.25) is 0 Å². The van der Waals surface area contributed by atoms with E-state index in [2.05, 4.69) is 0 Å². The van der Waals surface area contributed by atoms with E-state index in [1.807, 2.05) is 0 Å². The van der Waals surface area contributed by atoms with E-state index in [0.29, 0.717) is 6.07 Å². The highest BCUT2D eigenvalue weighted by molar-refractivity contribution is 7.91. The summed E-state index contributed by atoms with van der Waals surface area (Å²) in [6.45, 7) is 1.77. The van der Waals surface area contributed by atoms with Crippen LogP contribution in [0.1, 0.15) is 11.1 Å². The predicted octanol–water partition coefficient (Wildman–Crippen LogP) is 3.95. The second kappa shape index (κ2) is 5.73. The molecule has 0 radical (unpaired) electrons. The molecule has 0 N–H and O–H groups in total. The van der Waals surface area contributed by atoms with Gasteiger partial charge in [0.25, 0.3) is 0 Å². The summed E-state index contributed by atoms with van der Waals surface area (Å²) in [6, 6.07) is 7.82. The Hall–Kier alpha value is -2.61. The lowest BCUT2D eigenvalue weighted by atomic mass is 10.2. The molecule has 0 aliphatic rings. The Balaban J connectivity index is 2.22. The van der Waals surface area contributed by atoms with E-state index in [9.17, 15) is 26.4 Å². The average molecular weight is 368 g/mol. The van der Waals surface area contributed by atoms with Crippen LogP contribution in [0.25, 0.3) is 11.0 Å². The minimum Gasteiger partial charge on any atom is -0.463 e. The Morgan fingerprint density at radius 1 is 1.04 bits per heavy atom. The zero-order chi connectivity index (χ0) is 18.4. The third-order valence-corrected chi connectivity index (χ3v) is 5.39. The quantitative estimate of drug-likeness (QED) is 0.687. The maximum absolute atomic E-state index is 12.8. The molecular weight excluding hydrogens is 357 g/mol. The first-order valence-electron chi connectivity index (χ1n) is 7.05. The molecule has 0 spiro atoms. The molecule has 1 heterocycles. The molecule has 0 aliphatic heterocycles. The van der Waals surface area contributed by atoms with Crippen LogP contribution in [0.15, 0.2) is 67.7 Å². The SMILES string of the molecule is Cc1ccc2c(=O)c(S(=O)(=O)c3cccc(C(F)(F)F)c3)coc2c1. The standard InChI is InChI=1S/C17H11F3O4S/c1-10-5-6-13-14(7-10)24-9-15(16(13)21)25(22,23)12-4-2-3-11(8-12)17(18,19)20/h2-9H,1H3. The topological polar surface area (TPSA) is 64.3 Å². The van der Waals surface area contributed by atoms with Crippen molar-refractivity contribution < 1.29 is 26.0 Å². The van der Waals surface area contributed by atoms with Crippen LogP contribution < -0.4 is 5.43 Å². The average Bonchev–Trinajstić information content (AvgIpc) is 2.54. The molecule has 0 aliphatic carbocycles. The number of fused-ring (bicyclic) bond motifs is 1. The van der Waals surface area contributed by atoms with Crippen molar-refractivity contribution in [2.45, 2.75) is 22.9 Å². The maximum atomic E-state index is 12.8. The molecule has 0 atom stereocenters. The molecule has 8 heteroatoms. The molecule has 0 saturated heterocycles. The van der Waals surface area contributed by atoms with Gasteiger partial charge in [0.2, 0.25) is 15.3 Å². The molecule has 3 rings (SSSR count). The summed E-state index contributed by atoms with van der Waals surface area (Å²) in [4.78, 5) is 11.2. The van der Waals surface area contributed by atoms with Gasteiger partial charge in [-0.15, -0.1) is 0 Å². The van der Waals surface area contributed by atoms with Gasteiger partial charge in [-0.25, -0.2) is 8.42 Å². The number of hydrogen-bond acceptors (Lipinski definition) is 4. The van der Waals surface area contributed by atoms with Crippen LogP contribution >= 0.6 is 0 Å². The van der Waals surface area contributed by atoms with E-state index in [0.717, 1.165) is 30.0 Å². The lowest BCUT2D eigenvalue weighted by Gasteiger charge is -2.09. The Morgan fingerprint density at radius 3 is 2.44 bits per heavy atom. The highest BCUT2D eigenvalue weighted by Gasteiger charge is 2.32. The minimum absolute atomic E-state index is 0.0404. The molecule has 130 valence electrons. The van der Waals surface area contributed by atoms with Gasteiger partial charge in [0.1, 0.15) is 11.8 Å². The fraction of sp³-hybridized carbons (Fsp3) is 0.118. The van der Waals surface area contributed by atoms with Gasteiger partial charge in [0, 0.05) is 0 Å². The van der Waals surface area contributed by atoms with E-state index >= 15 is 0 Å². The smallest absolute Gasteiger partial charge is 0.416 e. The van der Waals surface area contributed by atoms with Gasteiger partial charge >= 0.3 is 6.18 Å². The predicted molar refractivity (Wildman–Crippen MR) is 84.1 cm³/mol. The Morgan fingerprint density at radius 2 is 1.76 bits per heavy atom. The molecule has 2 aromatic carbocycles. The number of rotatable bonds is 2. The first-order chi connectivity index (χ1) is 11.6. The Labute approximate surface area is 140 Å². The van der Waals surface area contributed by atoms with E-state index < -0.39 is 36.8 Å². The third-order valence-electron chi connectivity index (χ3n) is 3.66. The van der Waals surface area contributed by atoms with Gasteiger partial charge in [-0.05, 0) is 42.8 Å². The number of aryl methyl sites for hydroxylation is 1. The second-order valence-corrected chi connectivity index (χ2v) is 7.38. The van der Waals surface area contributed by atoms with Crippen molar-refractivity contribution in [2.24, 2.45) is 0 Å². The van der Waals surface area contributed by atoms with Gasteiger partial charge in [0.05, 0.1) is 15.8 Å². The van der Waals surface area contributed by atoms with Crippen LogP contribution in [0.4, 0.5) is 13.2 Å². The molecular formula is C17H11F3O4S. The van der Waals surface area contributed by atoms with Crippen molar-refractivity contribution in [3.05, 3.63) is 70.1 Å². The molecule has 4 nitrogen and oxygen atoms in total. The van der Waals surface area contributed by atoms with Crippen molar-refractivity contribution in [3.63, 3.8) is 0 Å². The first kappa shape index (κ1) is 17.2. The summed E-state index contributed by atoms with van der Waals surface area (Å²) in [6.07, 6.45) is -3.93. The molecule has 1 aromatic heterocycles. The van der Waals surface area contributed by atoms with Crippen LogP contribution in [-0.2, 0) is 16.0 Å². The zero-order valence-corrected chi connectivity index (χ0v) is 13.6. The fourth-order valence-corrected chi connectivity index (χ4v) is 3.69. The van der Waals surface area contributed by atoms with Gasteiger partial charge in [0.15, 0.2) is 4.90 Å². The zero-order valence-electron chi connectivity index (χ0n) is 12.8. The molecule has 0 saturated carbocycles. The summed E-state index contributed by atoms with van der Waals surface area (Å²) in [7, 11) is -4.46. The van der Waals surface area contributed by atoms with E-state index in [4.69, 9.17) is 4.42 Å². The lowest BCUT2D eigenvalue weighted by molar-refractivity contribution is -0.137. The second-order valence-electron chi connectivity index (χ2n) is 5.46. The number of benzene rings is 2. The number of alkyl halides is 3. The minimum atomic E-state index is -4.70. The van der Waals surface area contributed by atoms with Crippen LogP contribution in [0.3, 0.4) is 0 Å². The fourth-order valence-electron chi connectivity index (χ4n) is 2.37. The molecule has 3 aromatic rings. The summed E-state index contributed by atoms with van der Waals surface area (Å²) in [5.41, 5.74) is -0.926. The lowest BCUT2D eigenvalue weighted by Crippen LogP contribution is -2.16. The van der Waals surface area contributed by atoms with E-state index in [-0.39, 0.29) is 11.0 Å². The molecule has 25 heavy (non-hydrogen) atoms. The van der Waals surface area contributed by atoms with E-state index in [1.165, 1.54) is 6.07 Å². The van der Waals surface area contributed by atoms with Crippen molar-refractivity contribution in [1.29, 1.82) is 0 Å². The maximum Gasteiger partial charge on any atom is 0.416 e. The molecule has 0 amide bonds. The summed E-state index contributed by atoms with van der Waals surface area (Å²) < 4.78 is 68.9. The summed E-state index contributed by atoms with van der Waals surface area (Å²) in [5.74, 6) is 0. The van der Waals surface area contributed by atoms with E-state index in [1.54, 1.807) is 19.1 Å². The third kappa shape index (κ3) is 3.05. The molecule has 0 fully saturated rings. The summed E-state index contributed by atoms with van der Waals surface area (Å²) in [5, 5.41) is 0.0404. The monoisotopic (exact) mass is 368 g/mol. The van der Waals surface area contributed by atoms with Gasteiger partial charge in [-0.1, -0.05) is 12.1 Å². The normalized spacial score (nSPS) is 12.5. The van der Waals surface area contributed by atoms with Crippen molar-refractivity contribution in [2.75, 3.05) is 0 Å². The first-order valence-corrected chi connectivity index (χ1v) is 8.53. The Bertz CT molecular complexity index is 1130. The van der Waals surface area contributed by atoms with Crippen LogP contribution in [0, 0.1) is 6.92 Å². The summed E-state index contributed by atoms with van der Waals surface area (Å²) >= 11 is 0. The number of halogens is 3. The van der Waals surface area contributed by atoms with Gasteiger partial charge in [-0.2, -0.15) is 13.2 Å².